The monoisotopic (exact) mass is 404 g/mol. The maximum Gasteiger partial charge on any atom is 0.127 e. The summed E-state index contributed by atoms with van der Waals surface area (Å²) < 4.78 is 0. The van der Waals surface area contributed by atoms with Crippen LogP contribution in [0.1, 0.15) is 0 Å². The van der Waals surface area contributed by atoms with Crippen molar-refractivity contribution in [1.29, 1.82) is 0 Å². The van der Waals surface area contributed by atoms with Crippen LogP contribution in [0.5, 0.6) is 34.5 Å². The SMILES string of the molecule is Oc1cccc(-c2ccc(O)cc2O)c1.Oc1cccc(-c2ccc(O)cc2O)c1. The highest BCUT2D eigenvalue weighted by Gasteiger charge is 2.06. The molecule has 0 atom stereocenters. The van der Waals surface area contributed by atoms with E-state index in [-0.39, 0.29) is 34.5 Å². The van der Waals surface area contributed by atoms with E-state index in [4.69, 9.17) is 10.2 Å². The third-order valence-electron chi connectivity index (χ3n) is 4.28. The molecule has 0 fully saturated rings. The first-order chi connectivity index (χ1) is 14.3. The fourth-order valence-electron chi connectivity index (χ4n) is 2.88. The van der Waals surface area contributed by atoms with Crippen LogP contribution in [0.3, 0.4) is 0 Å². The third-order valence-corrected chi connectivity index (χ3v) is 4.28. The van der Waals surface area contributed by atoms with Crippen LogP contribution < -0.4 is 0 Å². The van der Waals surface area contributed by atoms with Crippen LogP contribution in [0.15, 0.2) is 84.9 Å². The van der Waals surface area contributed by atoms with E-state index in [0.29, 0.717) is 22.3 Å². The molecule has 6 nitrogen and oxygen atoms in total. The first-order valence-corrected chi connectivity index (χ1v) is 8.96. The van der Waals surface area contributed by atoms with Gasteiger partial charge in [0.05, 0.1) is 0 Å². The molecular formula is C24H20O6. The first kappa shape index (κ1) is 20.4. The normalized spacial score (nSPS) is 10.1. The minimum Gasteiger partial charge on any atom is -0.508 e. The van der Waals surface area contributed by atoms with Gasteiger partial charge in [-0.25, -0.2) is 0 Å². The van der Waals surface area contributed by atoms with Crippen molar-refractivity contribution >= 4 is 0 Å². The van der Waals surface area contributed by atoms with Crippen molar-refractivity contribution < 1.29 is 30.6 Å². The number of hydrogen-bond donors (Lipinski definition) is 6. The van der Waals surface area contributed by atoms with Crippen molar-refractivity contribution in [3.05, 3.63) is 84.9 Å². The molecule has 6 N–H and O–H groups in total. The Morgan fingerprint density at radius 3 is 1.07 bits per heavy atom. The maximum absolute atomic E-state index is 9.59. The molecular weight excluding hydrogens is 384 g/mol. The number of benzene rings is 4. The zero-order valence-corrected chi connectivity index (χ0v) is 15.8. The van der Waals surface area contributed by atoms with Crippen molar-refractivity contribution in [2.45, 2.75) is 0 Å². The zero-order chi connectivity index (χ0) is 21.7. The molecule has 0 aromatic heterocycles. The van der Waals surface area contributed by atoms with Crippen molar-refractivity contribution in [2.24, 2.45) is 0 Å². The lowest BCUT2D eigenvalue weighted by Gasteiger charge is -2.05. The van der Waals surface area contributed by atoms with E-state index in [1.807, 2.05) is 0 Å². The lowest BCUT2D eigenvalue weighted by molar-refractivity contribution is 0.450. The van der Waals surface area contributed by atoms with Gasteiger partial charge in [-0.2, -0.15) is 0 Å². The third kappa shape index (κ3) is 4.94. The Hall–Kier alpha value is -4.32. The van der Waals surface area contributed by atoms with Crippen LogP contribution in [0.25, 0.3) is 22.3 Å². The molecule has 0 aliphatic carbocycles. The summed E-state index contributed by atoms with van der Waals surface area (Å²) in [5.41, 5.74) is 2.55. The van der Waals surface area contributed by atoms with Crippen LogP contribution in [0.4, 0.5) is 0 Å². The fourth-order valence-corrected chi connectivity index (χ4v) is 2.88. The van der Waals surface area contributed by atoms with E-state index in [9.17, 15) is 20.4 Å². The van der Waals surface area contributed by atoms with E-state index in [2.05, 4.69) is 0 Å². The van der Waals surface area contributed by atoms with Gasteiger partial charge < -0.3 is 30.6 Å². The van der Waals surface area contributed by atoms with Gasteiger partial charge in [0.2, 0.25) is 0 Å². The largest absolute Gasteiger partial charge is 0.508 e. The van der Waals surface area contributed by atoms with Crippen LogP contribution in [-0.2, 0) is 0 Å². The number of hydrogen-bond acceptors (Lipinski definition) is 6. The van der Waals surface area contributed by atoms with Gasteiger partial charge in [-0.3, -0.25) is 0 Å². The molecule has 0 saturated carbocycles. The Kier molecular flexibility index (Phi) is 5.98. The maximum atomic E-state index is 9.59. The van der Waals surface area contributed by atoms with Crippen LogP contribution in [-0.4, -0.2) is 30.6 Å². The predicted molar refractivity (Wildman–Crippen MR) is 114 cm³/mol. The van der Waals surface area contributed by atoms with Crippen LogP contribution >= 0.6 is 0 Å². The van der Waals surface area contributed by atoms with Gasteiger partial charge in [0, 0.05) is 23.3 Å². The van der Waals surface area contributed by atoms with Gasteiger partial charge in [0.15, 0.2) is 0 Å². The predicted octanol–water partition coefficient (Wildman–Crippen LogP) is 4.94. The van der Waals surface area contributed by atoms with Crippen LogP contribution in [0, 0.1) is 0 Å². The second kappa shape index (κ2) is 8.79. The molecule has 0 spiro atoms. The minimum atomic E-state index is -0.0133. The lowest BCUT2D eigenvalue weighted by Crippen LogP contribution is -1.78. The van der Waals surface area contributed by atoms with Gasteiger partial charge in [0.25, 0.3) is 0 Å². The second-order valence-corrected chi connectivity index (χ2v) is 6.50. The molecule has 0 aliphatic heterocycles. The molecule has 4 aromatic carbocycles. The summed E-state index contributed by atoms with van der Waals surface area (Å²) in [6.45, 7) is 0. The van der Waals surface area contributed by atoms with E-state index in [1.54, 1.807) is 60.7 Å². The van der Waals surface area contributed by atoms with Crippen LogP contribution in [0.2, 0.25) is 0 Å². The molecule has 0 aliphatic rings. The average molecular weight is 404 g/mol. The topological polar surface area (TPSA) is 121 Å². The van der Waals surface area contributed by atoms with Gasteiger partial charge in [-0.15, -0.1) is 0 Å². The van der Waals surface area contributed by atoms with Gasteiger partial charge >= 0.3 is 0 Å². The van der Waals surface area contributed by atoms with Gasteiger partial charge in [-0.05, 0) is 59.7 Å². The smallest absolute Gasteiger partial charge is 0.127 e. The number of phenols is 6. The Bertz CT molecular complexity index is 1080. The molecule has 0 saturated heterocycles. The van der Waals surface area contributed by atoms with Crippen molar-refractivity contribution in [2.75, 3.05) is 0 Å². The molecule has 0 heterocycles. The summed E-state index contributed by atoms with van der Waals surface area (Å²) >= 11 is 0. The van der Waals surface area contributed by atoms with E-state index in [0.717, 1.165) is 0 Å². The molecule has 30 heavy (non-hydrogen) atoms. The Balaban J connectivity index is 0.000000171. The molecule has 0 radical (unpaired) electrons. The Morgan fingerprint density at radius 2 is 0.733 bits per heavy atom. The van der Waals surface area contributed by atoms with Crippen molar-refractivity contribution in [3.8, 4) is 56.8 Å². The average Bonchev–Trinajstić information content (AvgIpc) is 2.68. The summed E-state index contributed by atoms with van der Waals surface area (Å²) in [7, 11) is 0. The second-order valence-electron chi connectivity index (χ2n) is 6.50. The molecule has 152 valence electrons. The van der Waals surface area contributed by atoms with Gasteiger partial charge in [-0.1, -0.05) is 24.3 Å². The Labute approximate surface area is 172 Å². The number of aromatic hydroxyl groups is 6. The molecule has 6 heteroatoms. The highest BCUT2D eigenvalue weighted by Crippen LogP contribution is 2.34. The fraction of sp³-hybridized carbons (Fsp3) is 0. The highest BCUT2D eigenvalue weighted by atomic mass is 16.3. The molecule has 0 amide bonds. The minimum absolute atomic E-state index is 0.0106. The van der Waals surface area contributed by atoms with Crippen molar-refractivity contribution in [1.82, 2.24) is 0 Å². The molecule has 0 bridgehead atoms. The summed E-state index contributed by atoms with van der Waals surface area (Å²) in [6.07, 6.45) is 0. The van der Waals surface area contributed by atoms with Gasteiger partial charge in [0.1, 0.15) is 34.5 Å². The summed E-state index contributed by atoms with van der Waals surface area (Å²) in [5.74, 6) is 0.272. The first-order valence-electron chi connectivity index (χ1n) is 8.96. The van der Waals surface area contributed by atoms with E-state index >= 15 is 0 Å². The lowest BCUT2D eigenvalue weighted by atomic mass is 10.0. The van der Waals surface area contributed by atoms with E-state index in [1.165, 1.54) is 24.3 Å². The zero-order valence-electron chi connectivity index (χ0n) is 15.8. The van der Waals surface area contributed by atoms with E-state index < -0.39 is 0 Å². The summed E-state index contributed by atoms with van der Waals surface area (Å²) in [6, 6.07) is 21.8. The number of rotatable bonds is 2. The molecule has 4 aromatic rings. The number of phenolic OH excluding ortho intramolecular Hbond substituents is 6. The standard InChI is InChI=1S/2C12H10O3/c2*13-9-3-1-2-8(6-9)11-5-4-10(14)7-12(11)15/h2*1-7,13-15H. The summed E-state index contributed by atoms with van der Waals surface area (Å²) in [4.78, 5) is 0. The quantitative estimate of drug-likeness (QED) is 0.281. The molecule has 4 rings (SSSR count). The molecule has 0 unspecified atom stereocenters. The summed E-state index contributed by atoms with van der Waals surface area (Å²) in [5, 5.41) is 56.0. The van der Waals surface area contributed by atoms with Crippen molar-refractivity contribution in [3.63, 3.8) is 0 Å². The Morgan fingerprint density at radius 1 is 0.367 bits per heavy atom. The highest BCUT2D eigenvalue weighted by molar-refractivity contribution is 5.72.